The second-order valence-electron chi connectivity index (χ2n) is 2.48. The summed E-state index contributed by atoms with van der Waals surface area (Å²) in [6.45, 7) is 0. The zero-order valence-electron chi connectivity index (χ0n) is 12.4. The van der Waals surface area contributed by atoms with Crippen LogP contribution >= 0.6 is 0 Å². The summed E-state index contributed by atoms with van der Waals surface area (Å²) in [4.78, 5) is 30.5. The van der Waals surface area contributed by atoms with Gasteiger partial charge in [0.25, 0.3) is 0 Å². The van der Waals surface area contributed by atoms with Crippen LogP contribution < -0.4 is 88.7 Å². The maximum absolute atomic E-state index is 10.3. The monoisotopic (exact) mass is 264 g/mol. The molecule has 0 radical (unpaired) electrons. The molecule has 16 heavy (non-hydrogen) atoms. The average molecular weight is 264 g/mol. The van der Waals surface area contributed by atoms with Crippen LogP contribution in [-0.4, -0.2) is 43.9 Å². The Kier molecular flexibility index (Phi) is 18.7. The molecule has 0 aromatic heterocycles. The van der Waals surface area contributed by atoms with Gasteiger partial charge in [-0.25, -0.2) is 4.79 Å². The normalized spacial score (nSPS) is 8.81. The van der Waals surface area contributed by atoms with Gasteiger partial charge >= 0.3 is 107 Å². The third-order valence-electron chi connectivity index (χ3n) is 1.29. The molecule has 7 nitrogen and oxygen atoms in total. The summed E-state index contributed by atoms with van der Waals surface area (Å²) < 4.78 is 0. The molecule has 0 aliphatic carbocycles. The minimum atomic E-state index is -2.74. The molecule has 0 aromatic rings. The molecule has 0 bridgehead atoms. The summed E-state index contributed by atoms with van der Waals surface area (Å²) in [5, 5.41) is 33.8. The Bertz CT molecular complexity index is 250. The van der Waals surface area contributed by atoms with E-state index in [0.717, 1.165) is 0 Å². The van der Waals surface area contributed by atoms with Crippen molar-refractivity contribution < 1.29 is 128 Å². The number of rotatable bonds is 5. The van der Waals surface area contributed by atoms with Crippen LogP contribution in [-0.2, 0) is 14.4 Å². The molecule has 0 saturated carbocycles. The first-order chi connectivity index (χ1) is 5.78. The van der Waals surface area contributed by atoms with Gasteiger partial charge in [-0.3, -0.25) is 9.59 Å². The summed E-state index contributed by atoms with van der Waals surface area (Å²) >= 11 is 0. The van der Waals surface area contributed by atoms with Gasteiger partial charge in [-0.15, -0.1) is 0 Å². The Labute approximate surface area is 162 Å². The summed E-state index contributed by atoms with van der Waals surface area (Å²) in [6, 6.07) is 0. The van der Waals surface area contributed by atoms with Gasteiger partial charge in [-0.2, -0.15) is 0 Å². The van der Waals surface area contributed by atoms with E-state index >= 15 is 0 Å². The Morgan fingerprint density at radius 1 is 0.875 bits per heavy atom. The summed E-state index contributed by atoms with van der Waals surface area (Å²) in [7, 11) is 0. The van der Waals surface area contributed by atoms with Crippen LogP contribution in [0.25, 0.3) is 0 Å². The van der Waals surface area contributed by atoms with Gasteiger partial charge in [0, 0.05) is 0 Å². The first-order valence-electron chi connectivity index (χ1n) is 3.17. The van der Waals surface area contributed by atoms with Crippen LogP contribution in [0, 0.1) is 0 Å². The molecule has 0 aliphatic heterocycles. The van der Waals surface area contributed by atoms with Gasteiger partial charge < -0.3 is 24.7 Å². The predicted molar refractivity (Wildman–Crippen MR) is 40.4 cm³/mol. The van der Waals surface area contributed by atoms with Crippen molar-refractivity contribution in [1.29, 1.82) is 0 Å². The second kappa shape index (κ2) is 11.5. The van der Waals surface area contributed by atoms with E-state index in [0.29, 0.717) is 0 Å². The Morgan fingerprint density at radius 2 is 1.12 bits per heavy atom. The van der Waals surface area contributed by atoms with Crippen molar-refractivity contribution in [3.63, 3.8) is 0 Å². The largest absolute Gasteiger partial charge is 1.00 e. The number of aliphatic carboxylic acids is 3. The van der Waals surface area contributed by atoms with E-state index in [2.05, 4.69) is 0 Å². The number of carboxylic acid groups (broad SMARTS) is 3. The molecule has 0 amide bonds. The molecule has 4 N–H and O–H groups in total. The zero-order chi connectivity index (χ0) is 10.6. The average Bonchev–Trinajstić information content (AvgIpc) is 1.82. The van der Waals surface area contributed by atoms with Crippen LogP contribution in [0.5, 0.6) is 0 Å². The van der Waals surface area contributed by atoms with Crippen molar-refractivity contribution in [2.45, 2.75) is 18.4 Å². The van der Waals surface area contributed by atoms with E-state index in [1.165, 1.54) is 0 Å². The standard InChI is InChI=1S/C6H8O7.3Na.3H/c7-3(8)1-6(13,5(11)12)2-4(9)10;;;;;;/h13H,1-2H2,(H,7,8)(H,9,10)(H,11,12);;;;;;/q;3*+1;3*-1. The zero-order valence-corrected chi connectivity index (χ0v) is 15.4. The molecular weight excluding hydrogens is 253 g/mol. The minimum absolute atomic E-state index is 0. The van der Waals surface area contributed by atoms with Crippen molar-refractivity contribution in [3.8, 4) is 0 Å². The van der Waals surface area contributed by atoms with E-state index < -0.39 is 36.4 Å². The van der Waals surface area contributed by atoms with Crippen molar-refractivity contribution in [2.24, 2.45) is 0 Å². The first kappa shape index (κ1) is 26.0. The number of carboxylic acids is 3. The van der Waals surface area contributed by atoms with Gasteiger partial charge in [0.1, 0.15) is 0 Å². The fourth-order valence-corrected chi connectivity index (χ4v) is 0.714. The van der Waals surface area contributed by atoms with Gasteiger partial charge in [0.15, 0.2) is 5.60 Å². The maximum atomic E-state index is 10.3. The van der Waals surface area contributed by atoms with Crippen LogP contribution in [0.4, 0.5) is 0 Å². The Morgan fingerprint density at radius 3 is 1.25 bits per heavy atom. The quantitative estimate of drug-likeness (QED) is 0.362. The van der Waals surface area contributed by atoms with E-state index in [1.807, 2.05) is 0 Å². The van der Waals surface area contributed by atoms with Crippen molar-refractivity contribution in [2.75, 3.05) is 0 Å². The fraction of sp³-hybridized carbons (Fsp3) is 0.500. The molecule has 0 fully saturated rings. The van der Waals surface area contributed by atoms with Crippen LogP contribution in [0.1, 0.15) is 17.1 Å². The van der Waals surface area contributed by atoms with E-state index in [4.69, 9.17) is 20.4 Å². The van der Waals surface area contributed by atoms with Gasteiger partial charge in [0.05, 0.1) is 12.8 Å². The topological polar surface area (TPSA) is 132 Å². The van der Waals surface area contributed by atoms with Crippen LogP contribution in [0.15, 0.2) is 0 Å². The van der Waals surface area contributed by atoms with Crippen LogP contribution in [0.3, 0.4) is 0 Å². The summed E-state index contributed by atoms with van der Waals surface area (Å²) in [6.07, 6.45) is -2.29. The molecule has 0 atom stereocenters. The molecule has 0 heterocycles. The second-order valence-corrected chi connectivity index (χ2v) is 2.48. The minimum Gasteiger partial charge on any atom is -1.00 e. The van der Waals surface area contributed by atoms with Crippen molar-refractivity contribution >= 4 is 17.9 Å². The van der Waals surface area contributed by atoms with Crippen molar-refractivity contribution in [1.82, 2.24) is 0 Å². The van der Waals surface area contributed by atoms with E-state index in [-0.39, 0.29) is 93.0 Å². The SMILES string of the molecule is O=C(O)CC(O)(CC(=O)O)C(=O)O.[H-].[H-].[H-].[Na+].[Na+].[Na+]. The molecule has 0 saturated heterocycles. The molecule has 0 aliphatic rings. The third kappa shape index (κ3) is 10.5. The van der Waals surface area contributed by atoms with Crippen LogP contribution in [0.2, 0.25) is 0 Å². The fourth-order valence-electron chi connectivity index (χ4n) is 0.714. The Hall–Kier alpha value is 1.37. The first-order valence-corrected chi connectivity index (χ1v) is 3.17. The molecular formula is C6H11Na3O7. The number of hydrogen-bond donors (Lipinski definition) is 4. The third-order valence-corrected chi connectivity index (χ3v) is 1.29. The number of aliphatic hydroxyl groups is 1. The molecule has 80 valence electrons. The molecule has 0 spiro atoms. The maximum Gasteiger partial charge on any atom is 1.00 e. The van der Waals surface area contributed by atoms with Crippen molar-refractivity contribution in [3.05, 3.63) is 0 Å². The molecule has 10 heteroatoms. The van der Waals surface area contributed by atoms with E-state index in [1.54, 1.807) is 0 Å². The van der Waals surface area contributed by atoms with Gasteiger partial charge in [-0.05, 0) is 0 Å². The summed E-state index contributed by atoms with van der Waals surface area (Å²) in [5.41, 5.74) is -2.74. The smallest absolute Gasteiger partial charge is 1.00 e. The van der Waals surface area contributed by atoms with Gasteiger partial charge in [-0.1, -0.05) is 0 Å². The molecule has 0 rings (SSSR count). The van der Waals surface area contributed by atoms with E-state index in [9.17, 15) is 14.4 Å². The Balaban J connectivity index is -0.0000000480. The molecule has 0 unspecified atom stereocenters. The van der Waals surface area contributed by atoms with Gasteiger partial charge in [0.2, 0.25) is 0 Å². The number of carbonyl (C=O) groups is 3. The number of hydrogen-bond acceptors (Lipinski definition) is 4. The predicted octanol–water partition coefficient (Wildman–Crippen LogP) is -9.90. The molecule has 0 aromatic carbocycles. The summed E-state index contributed by atoms with van der Waals surface area (Å²) in [5.74, 6) is -5.02.